The average Bonchev–Trinajstić information content (AvgIpc) is 3.13. The molecule has 126 valence electrons. The van der Waals surface area contributed by atoms with E-state index in [1.165, 1.54) is 6.07 Å². The number of hydrogen-bond donors (Lipinski definition) is 2. The lowest BCUT2D eigenvalue weighted by Gasteiger charge is -2.11. The van der Waals surface area contributed by atoms with Gasteiger partial charge in [-0.15, -0.1) is 0 Å². The van der Waals surface area contributed by atoms with E-state index < -0.39 is 0 Å². The number of pyridine rings is 1. The summed E-state index contributed by atoms with van der Waals surface area (Å²) in [6.07, 6.45) is 3.53. The number of amides is 1. The molecule has 1 aromatic carbocycles. The molecule has 5 nitrogen and oxygen atoms in total. The standard InChI is InChI=1S/C18H20FN3O2/c19-15-5-2-1-4-13(15)9-10-20-14-7-8-17(21-12-14)22-18(23)16-6-3-11-24-16/h1-2,4-5,7-8,12,16,20H,3,6,9-11H2,(H,21,22,23). The topological polar surface area (TPSA) is 63.2 Å². The van der Waals surface area contributed by atoms with E-state index in [2.05, 4.69) is 15.6 Å². The van der Waals surface area contributed by atoms with E-state index in [4.69, 9.17) is 4.74 Å². The average molecular weight is 329 g/mol. The molecule has 0 bridgehead atoms. The number of halogens is 1. The highest BCUT2D eigenvalue weighted by Crippen LogP contribution is 2.15. The van der Waals surface area contributed by atoms with E-state index >= 15 is 0 Å². The molecule has 1 aliphatic heterocycles. The summed E-state index contributed by atoms with van der Waals surface area (Å²) in [6.45, 7) is 1.24. The first kappa shape index (κ1) is 16.4. The quantitative estimate of drug-likeness (QED) is 0.855. The van der Waals surface area contributed by atoms with Gasteiger partial charge in [0.15, 0.2) is 0 Å². The lowest BCUT2D eigenvalue weighted by atomic mass is 10.1. The highest BCUT2D eigenvalue weighted by atomic mass is 19.1. The maximum Gasteiger partial charge on any atom is 0.254 e. The van der Waals surface area contributed by atoms with Gasteiger partial charge < -0.3 is 15.4 Å². The second kappa shape index (κ2) is 7.88. The normalized spacial score (nSPS) is 16.8. The van der Waals surface area contributed by atoms with Gasteiger partial charge in [-0.25, -0.2) is 9.37 Å². The Morgan fingerprint density at radius 2 is 2.17 bits per heavy atom. The predicted molar refractivity (Wildman–Crippen MR) is 90.4 cm³/mol. The Morgan fingerprint density at radius 1 is 1.29 bits per heavy atom. The van der Waals surface area contributed by atoms with Gasteiger partial charge in [-0.3, -0.25) is 4.79 Å². The molecule has 1 amide bonds. The molecule has 1 saturated heterocycles. The number of ether oxygens (including phenoxy) is 1. The van der Waals surface area contributed by atoms with Gasteiger partial charge >= 0.3 is 0 Å². The van der Waals surface area contributed by atoms with Gasteiger partial charge in [0.1, 0.15) is 17.7 Å². The Labute approximate surface area is 140 Å². The zero-order valence-electron chi connectivity index (χ0n) is 13.3. The minimum Gasteiger partial charge on any atom is -0.383 e. The van der Waals surface area contributed by atoms with Crippen molar-refractivity contribution in [3.05, 3.63) is 54.0 Å². The Hall–Kier alpha value is -2.47. The van der Waals surface area contributed by atoms with E-state index in [9.17, 15) is 9.18 Å². The Bertz CT molecular complexity index is 685. The van der Waals surface area contributed by atoms with Crippen LogP contribution in [0.4, 0.5) is 15.9 Å². The van der Waals surface area contributed by atoms with Crippen LogP contribution in [0.25, 0.3) is 0 Å². The number of nitrogens with one attached hydrogen (secondary N) is 2. The first-order valence-corrected chi connectivity index (χ1v) is 8.08. The molecule has 3 rings (SSSR count). The Balaban J connectivity index is 1.47. The molecule has 0 aliphatic carbocycles. The van der Waals surface area contributed by atoms with Crippen molar-refractivity contribution in [1.29, 1.82) is 0 Å². The summed E-state index contributed by atoms with van der Waals surface area (Å²) in [5.41, 5.74) is 1.50. The van der Waals surface area contributed by atoms with Crippen LogP contribution in [0.2, 0.25) is 0 Å². The van der Waals surface area contributed by atoms with Crippen LogP contribution < -0.4 is 10.6 Å². The molecule has 1 aliphatic rings. The third kappa shape index (κ3) is 4.29. The fraction of sp³-hybridized carbons (Fsp3) is 0.333. The number of carbonyl (C=O) groups is 1. The van der Waals surface area contributed by atoms with E-state index in [1.807, 2.05) is 12.1 Å². The Kier molecular flexibility index (Phi) is 5.38. The molecule has 1 fully saturated rings. The van der Waals surface area contributed by atoms with Gasteiger partial charge in [0.25, 0.3) is 5.91 Å². The zero-order chi connectivity index (χ0) is 16.8. The van der Waals surface area contributed by atoms with Crippen molar-refractivity contribution in [2.75, 3.05) is 23.8 Å². The van der Waals surface area contributed by atoms with Crippen molar-refractivity contribution in [3.8, 4) is 0 Å². The predicted octanol–water partition coefficient (Wildman–Crippen LogP) is 2.99. The monoisotopic (exact) mass is 329 g/mol. The molecule has 1 atom stereocenters. The van der Waals surface area contributed by atoms with Crippen molar-refractivity contribution in [3.63, 3.8) is 0 Å². The lowest BCUT2D eigenvalue weighted by Crippen LogP contribution is -2.27. The smallest absolute Gasteiger partial charge is 0.254 e. The van der Waals surface area contributed by atoms with Crippen molar-refractivity contribution in [2.45, 2.75) is 25.4 Å². The summed E-state index contributed by atoms with van der Waals surface area (Å²) < 4.78 is 18.9. The largest absolute Gasteiger partial charge is 0.383 e. The van der Waals surface area contributed by atoms with Crippen LogP contribution in [-0.2, 0) is 16.0 Å². The molecule has 0 saturated carbocycles. The van der Waals surface area contributed by atoms with Gasteiger partial charge in [-0.2, -0.15) is 0 Å². The summed E-state index contributed by atoms with van der Waals surface area (Å²) in [4.78, 5) is 16.1. The van der Waals surface area contributed by atoms with Gasteiger partial charge in [0.2, 0.25) is 0 Å². The number of aromatic nitrogens is 1. The maximum absolute atomic E-state index is 13.5. The zero-order valence-corrected chi connectivity index (χ0v) is 13.3. The highest BCUT2D eigenvalue weighted by molar-refractivity contribution is 5.93. The third-order valence-corrected chi connectivity index (χ3v) is 3.92. The summed E-state index contributed by atoms with van der Waals surface area (Å²) in [5, 5.41) is 5.94. The van der Waals surface area contributed by atoms with Gasteiger partial charge in [-0.1, -0.05) is 18.2 Å². The highest BCUT2D eigenvalue weighted by Gasteiger charge is 2.23. The molecule has 2 heterocycles. The molecule has 0 radical (unpaired) electrons. The number of rotatable bonds is 6. The number of benzene rings is 1. The summed E-state index contributed by atoms with van der Waals surface area (Å²) >= 11 is 0. The molecule has 6 heteroatoms. The summed E-state index contributed by atoms with van der Waals surface area (Å²) in [7, 11) is 0. The number of anilines is 2. The first-order valence-electron chi connectivity index (χ1n) is 8.08. The van der Waals surface area contributed by atoms with Crippen LogP contribution in [0.1, 0.15) is 18.4 Å². The molecule has 2 N–H and O–H groups in total. The maximum atomic E-state index is 13.5. The molecular weight excluding hydrogens is 309 g/mol. The number of hydrogen-bond acceptors (Lipinski definition) is 4. The summed E-state index contributed by atoms with van der Waals surface area (Å²) in [6, 6.07) is 10.3. The second-order valence-electron chi connectivity index (χ2n) is 5.69. The lowest BCUT2D eigenvalue weighted by molar-refractivity contribution is -0.124. The van der Waals surface area contributed by atoms with Crippen LogP contribution in [0.5, 0.6) is 0 Å². The SMILES string of the molecule is O=C(Nc1ccc(NCCc2ccccc2F)cn1)C1CCCO1. The summed E-state index contributed by atoms with van der Waals surface area (Å²) in [5.74, 6) is 0.153. The third-order valence-electron chi connectivity index (χ3n) is 3.92. The molecule has 1 unspecified atom stereocenters. The van der Waals surface area contributed by atoms with Crippen molar-refractivity contribution >= 4 is 17.4 Å². The molecule has 24 heavy (non-hydrogen) atoms. The van der Waals surface area contributed by atoms with Crippen LogP contribution in [0.15, 0.2) is 42.6 Å². The fourth-order valence-corrected chi connectivity index (χ4v) is 2.61. The van der Waals surface area contributed by atoms with Crippen LogP contribution in [0.3, 0.4) is 0 Å². The van der Waals surface area contributed by atoms with Crippen LogP contribution in [0, 0.1) is 5.82 Å². The van der Waals surface area contributed by atoms with Crippen molar-refractivity contribution in [2.24, 2.45) is 0 Å². The molecule has 2 aromatic rings. The van der Waals surface area contributed by atoms with E-state index in [0.29, 0.717) is 31.0 Å². The van der Waals surface area contributed by atoms with E-state index in [-0.39, 0.29) is 17.8 Å². The molecule has 0 spiro atoms. The van der Waals surface area contributed by atoms with Crippen molar-refractivity contribution < 1.29 is 13.9 Å². The number of nitrogens with zero attached hydrogens (tertiary/aromatic N) is 1. The molecular formula is C18H20FN3O2. The van der Waals surface area contributed by atoms with Crippen LogP contribution in [-0.4, -0.2) is 30.1 Å². The minimum absolute atomic E-state index is 0.153. The molecule has 1 aromatic heterocycles. The van der Waals surface area contributed by atoms with Gasteiger partial charge in [0.05, 0.1) is 11.9 Å². The second-order valence-corrected chi connectivity index (χ2v) is 5.69. The van der Waals surface area contributed by atoms with Crippen molar-refractivity contribution in [1.82, 2.24) is 4.98 Å². The number of carbonyl (C=O) groups excluding carboxylic acids is 1. The fourth-order valence-electron chi connectivity index (χ4n) is 2.61. The van der Waals surface area contributed by atoms with Gasteiger partial charge in [-0.05, 0) is 43.0 Å². The first-order chi connectivity index (χ1) is 11.7. The van der Waals surface area contributed by atoms with Crippen LogP contribution >= 0.6 is 0 Å². The van der Waals surface area contributed by atoms with Gasteiger partial charge in [0, 0.05) is 13.2 Å². The Morgan fingerprint density at radius 3 is 2.88 bits per heavy atom. The van der Waals surface area contributed by atoms with E-state index in [1.54, 1.807) is 24.4 Å². The van der Waals surface area contributed by atoms with E-state index in [0.717, 1.165) is 18.5 Å². The minimum atomic E-state index is -0.370.